The SMILES string of the molecule is CCCCCCCCCCC[N+](CCCCCCCCCCC)(CCCCCCCCCCC)CCCCCCCCCCC.[Br-]. The van der Waals surface area contributed by atoms with E-state index in [4.69, 9.17) is 0 Å². The quantitative estimate of drug-likeness (QED) is 0.0438. The molecule has 0 aromatic rings. The summed E-state index contributed by atoms with van der Waals surface area (Å²) in [6.07, 6.45) is 52.7. The summed E-state index contributed by atoms with van der Waals surface area (Å²) in [6, 6.07) is 0. The lowest BCUT2D eigenvalue weighted by Crippen LogP contribution is -3.00. The van der Waals surface area contributed by atoms with Gasteiger partial charge in [-0.1, -0.05) is 207 Å². The highest BCUT2D eigenvalue weighted by Crippen LogP contribution is 2.21. The van der Waals surface area contributed by atoms with Crippen LogP contribution in [0.1, 0.15) is 259 Å². The zero-order valence-corrected chi connectivity index (χ0v) is 34.7. The number of nitrogens with zero attached hydrogens (tertiary/aromatic N) is 1. The van der Waals surface area contributed by atoms with Gasteiger partial charge in [0.15, 0.2) is 0 Å². The van der Waals surface area contributed by atoms with Crippen molar-refractivity contribution in [1.82, 2.24) is 0 Å². The smallest absolute Gasteiger partial charge is 0.0786 e. The summed E-state index contributed by atoms with van der Waals surface area (Å²) in [4.78, 5) is 0. The van der Waals surface area contributed by atoms with Crippen molar-refractivity contribution in [3.8, 4) is 0 Å². The molecule has 0 bridgehead atoms. The maximum Gasteiger partial charge on any atom is 0.0786 e. The molecule has 0 aromatic carbocycles. The van der Waals surface area contributed by atoms with Crippen LogP contribution in [0.15, 0.2) is 0 Å². The first-order chi connectivity index (χ1) is 22.2. The third-order valence-corrected chi connectivity index (χ3v) is 10.9. The third kappa shape index (κ3) is 35.7. The second-order valence-electron chi connectivity index (χ2n) is 15.5. The molecule has 0 aliphatic rings. The lowest BCUT2D eigenvalue weighted by molar-refractivity contribution is -0.929. The third-order valence-electron chi connectivity index (χ3n) is 10.9. The van der Waals surface area contributed by atoms with Gasteiger partial charge in [-0.25, -0.2) is 0 Å². The molecule has 46 heavy (non-hydrogen) atoms. The van der Waals surface area contributed by atoms with Crippen molar-refractivity contribution in [2.24, 2.45) is 0 Å². The molecule has 0 saturated heterocycles. The highest BCUT2D eigenvalue weighted by molar-refractivity contribution is 4.56. The van der Waals surface area contributed by atoms with Crippen LogP contribution in [-0.2, 0) is 0 Å². The number of hydrogen-bond acceptors (Lipinski definition) is 0. The van der Waals surface area contributed by atoms with Crippen molar-refractivity contribution < 1.29 is 21.5 Å². The summed E-state index contributed by atoms with van der Waals surface area (Å²) in [6.45, 7) is 15.3. The van der Waals surface area contributed by atoms with Gasteiger partial charge in [-0.05, 0) is 51.4 Å². The summed E-state index contributed by atoms with van der Waals surface area (Å²) in [5, 5.41) is 0. The molecule has 280 valence electrons. The molecular formula is C44H92BrN. The molecule has 0 N–H and O–H groups in total. The van der Waals surface area contributed by atoms with Crippen molar-refractivity contribution in [3.63, 3.8) is 0 Å². The van der Waals surface area contributed by atoms with Crippen LogP contribution < -0.4 is 17.0 Å². The molecule has 0 spiro atoms. The van der Waals surface area contributed by atoms with Crippen LogP contribution in [0.25, 0.3) is 0 Å². The molecule has 0 fully saturated rings. The van der Waals surface area contributed by atoms with Gasteiger partial charge >= 0.3 is 0 Å². The van der Waals surface area contributed by atoms with E-state index in [-0.39, 0.29) is 17.0 Å². The number of quaternary nitrogens is 1. The molecule has 0 aliphatic heterocycles. The zero-order valence-electron chi connectivity index (χ0n) is 33.1. The fourth-order valence-corrected chi connectivity index (χ4v) is 7.70. The molecular weight excluding hydrogens is 622 g/mol. The summed E-state index contributed by atoms with van der Waals surface area (Å²) in [5.41, 5.74) is 0. The molecule has 0 atom stereocenters. The van der Waals surface area contributed by atoms with Crippen LogP contribution in [0.4, 0.5) is 0 Å². The van der Waals surface area contributed by atoms with Gasteiger partial charge in [-0.15, -0.1) is 0 Å². The van der Waals surface area contributed by atoms with Crippen LogP contribution in [0.2, 0.25) is 0 Å². The van der Waals surface area contributed by atoms with Crippen LogP contribution in [0, 0.1) is 0 Å². The van der Waals surface area contributed by atoms with Gasteiger partial charge in [0, 0.05) is 0 Å². The summed E-state index contributed by atoms with van der Waals surface area (Å²) >= 11 is 0. The average Bonchev–Trinajstić information content (AvgIpc) is 3.05. The van der Waals surface area contributed by atoms with Gasteiger partial charge in [0.25, 0.3) is 0 Å². The maximum atomic E-state index is 2.34. The second kappa shape index (κ2) is 41.6. The van der Waals surface area contributed by atoms with Gasteiger partial charge in [-0.3, -0.25) is 0 Å². The van der Waals surface area contributed by atoms with Crippen molar-refractivity contribution in [2.45, 2.75) is 259 Å². The highest BCUT2D eigenvalue weighted by Gasteiger charge is 2.25. The fraction of sp³-hybridized carbons (Fsp3) is 1.00. The van der Waals surface area contributed by atoms with E-state index >= 15 is 0 Å². The van der Waals surface area contributed by atoms with Crippen molar-refractivity contribution in [1.29, 1.82) is 0 Å². The minimum absolute atomic E-state index is 0. The Balaban J connectivity index is 0. The van der Waals surface area contributed by atoms with E-state index in [2.05, 4.69) is 27.7 Å². The number of rotatable bonds is 40. The van der Waals surface area contributed by atoms with Gasteiger partial charge in [0.1, 0.15) is 0 Å². The predicted molar refractivity (Wildman–Crippen MR) is 209 cm³/mol. The summed E-state index contributed by atoms with van der Waals surface area (Å²) in [5.74, 6) is 0. The molecule has 0 rings (SSSR count). The lowest BCUT2D eigenvalue weighted by Gasteiger charge is -2.40. The lowest BCUT2D eigenvalue weighted by atomic mass is 10.0. The topological polar surface area (TPSA) is 0 Å². The van der Waals surface area contributed by atoms with Crippen LogP contribution in [-0.4, -0.2) is 30.7 Å². The fourth-order valence-electron chi connectivity index (χ4n) is 7.70. The van der Waals surface area contributed by atoms with Gasteiger partial charge in [-0.2, -0.15) is 0 Å². The van der Waals surface area contributed by atoms with Crippen molar-refractivity contribution >= 4 is 0 Å². The Labute approximate surface area is 305 Å². The Morgan fingerprint density at radius 2 is 0.326 bits per heavy atom. The van der Waals surface area contributed by atoms with E-state index in [1.54, 1.807) is 0 Å². The first-order valence-corrected chi connectivity index (χ1v) is 22.1. The summed E-state index contributed by atoms with van der Waals surface area (Å²) < 4.78 is 1.49. The van der Waals surface area contributed by atoms with E-state index in [0.29, 0.717) is 0 Å². The van der Waals surface area contributed by atoms with Gasteiger partial charge in [0.05, 0.1) is 26.2 Å². The highest BCUT2D eigenvalue weighted by atomic mass is 79.9. The minimum Gasteiger partial charge on any atom is -1.00 e. The number of hydrogen-bond donors (Lipinski definition) is 0. The molecule has 0 saturated carbocycles. The Kier molecular flexibility index (Phi) is 43.9. The monoisotopic (exact) mass is 714 g/mol. The normalized spacial score (nSPS) is 11.7. The van der Waals surface area contributed by atoms with E-state index in [9.17, 15) is 0 Å². The van der Waals surface area contributed by atoms with Crippen molar-refractivity contribution in [3.05, 3.63) is 0 Å². The molecule has 0 aromatic heterocycles. The van der Waals surface area contributed by atoms with Crippen LogP contribution in [0.3, 0.4) is 0 Å². The number of halogens is 1. The van der Waals surface area contributed by atoms with E-state index in [1.165, 1.54) is 262 Å². The summed E-state index contributed by atoms with van der Waals surface area (Å²) in [7, 11) is 0. The van der Waals surface area contributed by atoms with Crippen LogP contribution >= 0.6 is 0 Å². The largest absolute Gasteiger partial charge is 1.00 e. The van der Waals surface area contributed by atoms with E-state index in [0.717, 1.165) is 0 Å². The second-order valence-corrected chi connectivity index (χ2v) is 15.5. The Bertz CT molecular complexity index is 427. The molecule has 2 heteroatoms. The van der Waals surface area contributed by atoms with Gasteiger partial charge in [0.2, 0.25) is 0 Å². The van der Waals surface area contributed by atoms with E-state index in [1.807, 2.05) is 0 Å². The predicted octanol–water partition coefficient (Wildman–Crippen LogP) is 12.9. The molecule has 1 nitrogen and oxygen atoms in total. The molecule has 0 aliphatic carbocycles. The van der Waals surface area contributed by atoms with Crippen molar-refractivity contribution in [2.75, 3.05) is 26.2 Å². The standard InChI is InChI=1S/C44H92N.BrH/c1-5-9-13-17-21-25-29-33-37-41-45(42-38-34-30-26-22-18-14-10-6-2,43-39-35-31-27-23-19-15-11-7-3)44-40-36-32-28-24-20-16-12-8-4;/h5-44H2,1-4H3;1H/q+1;/p-1. The number of unbranched alkanes of at least 4 members (excludes halogenated alkanes) is 32. The minimum atomic E-state index is 0. The first kappa shape index (κ1) is 48.6. The first-order valence-electron chi connectivity index (χ1n) is 22.1. The Hall–Kier alpha value is 0.440. The molecule has 0 unspecified atom stereocenters. The Morgan fingerprint density at radius 3 is 0.478 bits per heavy atom. The molecule has 0 amide bonds. The van der Waals surface area contributed by atoms with Gasteiger partial charge < -0.3 is 21.5 Å². The average molecular weight is 715 g/mol. The molecule has 0 radical (unpaired) electrons. The van der Waals surface area contributed by atoms with Crippen LogP contribution in [0.5, 0.6) is 0 Å². The maximum absolute atomic E-state index is 2.34. The van der Waals surface area contributed by atoms with E-state index < -0.39 is 0 Å². The zero-order chi connectivity index (χ0) is 32.8. The molecule has 0 heterocycles. The Morgan fingerprint density at radius 1 is 0.196 bits per heavy atom.